The lowest BCUT2D eigenvalue weighted by atomic mass is 10.0. The lowest BCUT2D eigenvalue weighted by Crippen LogP contribution is -2.71. The zero-order chi connectivity index (χ0) is 26.7. The highest BCUT2D eigenvalue weighted by Crippen LogP contribution is 2.39. The van der Waals surface area contributed by atoms with Crippen molar-refractivity contribution in [1.29, 1.82) is 0 Å². The van der Waals surface area contributed by atoms with Crippen molar-refractivity contribution < 1.29 is 28.7 Å². The maximum absolute atomic E-state index is 13.3. The molecule has 2 aromatic carbocycles. The molecule has 0 saturated carbocycles. The number of carbonyl (C=O) groups excluding carboxylic acids is 4. The van der Waals surface area contributed by atoms with Gasteiger partial charge in [0.15, 0.2) is 12.1 Å². The molecule has 37 heavy (non-hydrogen) atoms. The number of hydrogen-bond donors (Lipinski definition) is 2. The summed E-state index contributed by atoms with van der Waals surface area (Å²) in [6, 6.07) is 16.2. The van der Waals surface area contributed by atoms with E-state index in [1.54, 1.807) is 26.8 Å². The minimum atomic E-state index is -1.58. The first kappa shape index (κ1) is 26.4. The quantitative estimate of drug-likeness (QED) is 0.321. The van der Waals surface area contributed by atoms with Crippen LogP contribution >= 0.6 is 11.8 Å². The first-order valence-corrected chi connectivity index (χ1v) is 12.9. The fourth-order valence-corrected chi connectivity index (χ4v) is 5.19. The minimum absolute atomic E-state index is 0.118. The summed E-state index contributed by atoms with van der Waals surface area (Å²) < 4.78 is 11.1. The van der Waals surface area contributed by atoms with Crippen molar-refractivity contribution in [2.24, 2.45) is 5.73 Å². The number of carbonyl (C=O) groups is 4. The molecule has 0 radical (unpaired) electrons. The number of β-lactam (4-membered cyclic amide) rings is 1. The van der Waals surface area contributed by atoms with E-state index in [1.807, 2.05) is 60.7 Å². The number of hydrogen-bond acceptors (Lipinski definition) is 8. The maximum atomic E-state index is 13.3. The van der Waals surface area contributed by atoms with Crippen LogP contribution in [0.4, 0.5) is 0 Å². The van der Waals surface area contributed by atoms with E-state index < -0.39 is 52.9 Å². The van der Waals surface area contributed by atoms with E-state index in [1.165, 1.54) is 16.7 Å². The summed E-state index contributed by atoms with van der Waals surface area (Å²) in [6.07, 6.45) is 0.973. The predicted molar refractivity (Wildman–Crippen MR) is 138 cm³/mol. The number of rotatable bonds is 7. The number of benzene rings is 2. The summed E-state index contributed by atoms with van der Waals surface area (Å²) in [7, 11) is 0. The molecule has 1 fully saturated rings. The highest BCUT2D eigenvalue weighted by molar-refractivity contribution is 8.00. The molecular weight excluding hydrogens is 494 g/mol. The molecular formula is C27H29N3O6S. The average molecular weight is 524 g/mol. The van der Waals surface area contributed by atoms with Gasteiger partial charge in [0.25, 0.3) is 5.91 Å². The third kappa shape index (κ3) is 5.86. The maximum Gasteiger partial charge on any atom is 0.355 e. The van der Waals surface area contributed by atoms with Gasteiger partial charge in [-0.25, -0.2) is 9.59 Å². The van der Waals surface area contributed by atoms with Crippen molar-refractivity contribution in [2.75, 3.05) is 5.75 Å². The molecule has 2 heterocycles. The number of esters is 2. The molecule has 2 aromatic rings. The third-order valence-electron chi connectivity index (χ3n) is 5.73. The van der Waals surface area contributed by atoms with Gasteiger partial charge in [-0.2, -0.15) is 0 Å². The summed E-state index contributed by atoms with van der Waals surface area (Å²) in [4.78, 5) is 52.3. The first-order chi connectivity index (χ1) is 17.6. The molecule has 0 aromatic heterocycles. The molecule has 2 aliphatic heterocycles. The van der Waals surface area contributed by atoms with E-state index >= 15 is 0 Å². The van der Waals surface area contributed by atoms with E-state index in [-0.39, 0.29) is 5.70 Å². The Morgan fingerprint density at radius 2 is 1.59 bits per heavy atom. The Kier molecular flexibility index (Phi) is 7.70. The molecule has 0 aliphatic carbocycles. The van der Waals surface area contributed by atoms with E-state index in [0.717, 1.165) is 11.1 Å². The topological polar surface area (TPSA) is 128 Å². The SMILES string of the molecule is CC(C)(C)OC(=O)C(N)C(=O)N[C@@H]1C(=O)N2C(C(=O)OC(c3ccccc3)c3ccccc3)=CCS[C@H]12. The number of ether oxygens (including phenoxy) is 2. The van der Waals surface area contributed by atoms with Crippen molar-refractivity contribution in [3.05, 3.63) is 83.6 Å². The van der Waals surface area contributed by atoms with E-state index in [2.05, 4.69) is 5.32 Å². The van der Waals surface area contributed by atoms with Crippen molar-refractivity contribution in [1.82, 2.24) is 10.2 Å². The van der Waals surface area contributed by atoms with Gasteiger partial charge in [-0.3, -0.25) is 14.5 Å². The van der Waals surface area contributed by atoms with Crippen molar-refractivity contribution >= 4 is 35.5 Å². The lowest BCUT2D eigenvalue weighted by molar-refractivity contribution is -0.160. The number of thioether (sulfide) groups is 1. The van der Waals surface area contributed by atoms with Crippen LogP contribution < -0.4 is 11.1 Å². The minimum Gasteiger partial charge on any atom is -0.458 e. The largest absolute Gasteiger partial charge is 0.458 e. The molecule has 3 atom stereocenters. The average Bonchev–Trinajstić information content (AvgIpc) is 2.89. The van der Waals surface area contributed by atoms with E-state index in [4.69, 9.17) is 15.2 Å². The van der Waals surface area contributed by atoms with Crippen LogP contribution in [0.25, 0.3) is 0 Å². The van der Waals surface area contributed by atoms with Gasteiger partial charge in [-0.05, 0) is 38.0 Å². The molecule has 10 heteroatoms. The van der Waals surface area contributed by atoms with Crippen LogP contribution in [0.5, 0.6) is 0 Å². The monoisotopic (exact) mass is 523 g/mol. The lowest BCUT2D eigenvalue weighted by Gasteiger charge is -2.48. The van der Waals surface area contributed by atoms with Gasteiger partial charge in [0.2, 0.25) is 5.91 Å². The predicted octanol–water partition coefficient (Wildman–Crippen LogP) is 2.27. The summed E-state index contributed by atoms with van der Waals surface area (Å²) in [5, 5.41) is 2.00. The third-order valence-corrected chi connectivity index (χ3v) is 6.91. The van der Waals surface area contributed by atoms with Crippen LogP contribution in [0.3, 0.4) is 0 Å². The van der Waals surface area contributed by atoms with Crippen molar-refractivity contribution in [2.45, 2.75) is 49.9 Å². The van der Waals surface area contributed by atoms with Gasteiger partial charge < -0.3 is 20.5 Å². The van der Waals surface area contributed by atoms with Gasteiger partial charge in [-0.15, -0.1) is 11.8 Å². The molecule has 0 bridgehead atoms. The number of nitrogens with zero attached hydrogens (tertiary/aromatic N) is 1. The second-order valence-corrected chi connectivity index (χ2v) is 10.8. The molecule has 2 amide bonds. The van der Waals surface area contributed by atoms with Gasteiger partial charge in [0.1, 0.15) is 22.7 Å². The standard InChI is InChI=1S/C27H29N3O6S/c1-27(2,3)36-26(34)19(28)22(31)29-20-23(32)30-18(14-15-37-24(20)30)25(33)35-21(16-10-6-4-7-11-16)17-12-8-5-9-13-17/h4-14,19-21,24H,15,28H2,1-3H3,(H,29,31)/t19?,20-,24-/m1/s1. The molecule has 3 N–H and O–H groups in total. The Morgan fingerprint density at radius 1 is 1.03 bits per heavy atom. The summed E-state index contributed by atoms with van der Waals surface area (Å²) >= 11 is 1.38. The molecule has 0 spiro atoms. The van der Waals surface area contributed by atoms with Crippen molar-refractivity contribution in [3.63, 3.8) is 0 Å². The smallest absolute Gasteiger partial charge is 0.355 e. The molecule has 2 aliphatic rings. The number of fused-ring (bicyclic) bond motifs is 1. The molecule has 194 valence electrons. The molecule has 1 saturated heterocycles. The van der Waals surface area contributed by atoms with Gasteiger partial charge >= 0.3 is 11.9 Å². The summed E-state index contributed by atoms with van der Waals surface area (Å²) in [6.45, 7) is 4.98. The second-order valence-electron chi connectivity index (χ2n) is 9.63. The van der Waals surface area contributed by atoms with Crippen LogP contribution in [0, 0.1) is 0 Å². The molecule has 4 rings (SSSR count). The van der Waals surface area contributed by atoms with E-state index in [9.17, 15) is 19.2 Å². The van der Waals surface area contributed by atoms with Crippen LogP contribution in [0.15, 0.2) is 72.4 Å². The Balaban J connectivity index is 1.45. The normalized spacial score (nSPS) is 19.8. The summed E-state index contributed by atoms with van der Waals surface area (Å²) in [5.74, 6) is -2.40. The van der Waals surface area contributed by atoms with Gasteiger partial charge in [0, 0.05) is 5.75 Å². The second kappa shape index (κ2) is 10.8. The van der Waals surface area contributed by atoms with Crippen LogP contribution in [0.2, 0.25) is 0 Å². The van der Waals surface area contributed by atoms with Crippen LogP contribution in [-0.2, 0) is 28.7 Å². The van der Waals surface area contributed by atoms with Crippen molar-refractivity contribution in [3.8, 4) is 0 Å². The van der Waals surface area contributed by atoms with Crippen LogP contribution in [-0.4, -0.2) is 57.5 Å². The molecule has 1 unspecified atom stereocenters. The number of amides is 2. The van der Waals surface area contributed by atoms with Gasteiger partial charge in [-0.1, -0.05) is 60.7 Å². The summed E-state index contributed by atoms with van der Waals surface area (Å²) in [5.41, 5.74) is 6.64. The fraction of sp³-hybridized carbons (Fsp3) is 0.333. The number of nitrogens with one attached hydrogen (secondary N) is 1. The number of nitrogens with two attached hydrogens (primary N) is 1. The Morgan fingerprint density at radius 3 is 2.14 bits per heavy atom. The van der Waals surface area contributed by atoms with Crippen LogP contribution in [0.1, 0.15) is 38.0 Å². The highest BCUT2D eigenvalue weighted by atomic mass is 32.2. The van der Waals surface area contributed by atoms with E-state index in [0.29, 0.717) is 5.75 Å². The Bertz CT molecular complexity index is 1170. The zero-order valence-electron chi connectivity index (χ0n) is 20.7. The Labute approximate surface area is 219 Å². The van der Waals surface area contributed by atoms with Gasteiger partial charge in [0.05, 0.1) is 0 Å². The molecule has 9 nitrogen and oxygen atoms in total. The zero-order valence-corrected chi connectivity index (χ0v) is 21.6. The Hall–Kier alpha value is -3.63. The first-order valence-electron chi connectivity index (χ1n) is 11.8. The fourth-order valence-electron chi connectivity index (χ4n) is 4.00. The highest BCUT2D eigenvalue weighted by Gasteiger charge is 2.53.